The first-order chi connectivity index (χ1) is 13.7. The predicted molar refractivity (Wildman–Crippen MR) is 116 cm³/mol. The Morgan fingerprint density at radius 3 is 2.71 bits per heavy atom. The monoisotopic (exact) mass is 391 g/mol. The molecule has 1 fully saturated rings. The number of nitrogens with one attached hydrogen (secondary N) is 1. The molecule has 1 aromatic heterocycles. The minimum atomic E-state index is -0.0309. The van der Waals surface area contributed by atoms with Crippen molar-refractivity contribution in [1.82, 2.24) is 15.2 Å². The molecule has 4 rings (SSSR count). The number of rotatable bonds is 5. The summed E-state index contributed by atoms with van der Waals surface area (Å²) in [4.78, 5) is 19.3. The zero-order valence-electron chi connectivity index (χ0n) is 16.1. The van der Waals surface area contributed by atoms with Crippen molar-refractivity contribution in [1.29, 1.82) is 0 Å². The van der Waals surface area contributed by atoms with Gasteiger partial charge in [0, 0.05) is 31.8 Å². The highest BCUT2D eigenvalue weighted by Crippen LogP contribution is 2.22. The average Bonchev–Trinajstić information content (AvgIpc) is 3.13. The summed E-state index contributed by atoms with van der Waals surface area (Å²) in [5, 5.41) is 4.01. The number of nitrogens with zero attached hydrogens (tertiary/aromatic N) is 2. The molecule has 0 saturated carbocycles. The number of likely N-dealkylation sites (tertiary alicyclic amines) is 1. The van der Waals surface area contributed by atoms with E-state index >= 15 is 0 Å². The van der Waals surface area contributed by atoms with E-state index in [1.807, 2.05) is 24.3 Å². The van der Waals surface area contributed by atoms with Crippen LogP contribution in [0.15, 0.2) is 54.6 Å². The van der Waals surface area contributed by atoms with E-state index in [0.29, 0.717) is 0 Å². The highest BCUT2D eigenvalue weighted by molar-refractivity contribution is 7.19. The van der Waals surface area contributed by atoms with Gasteiger partial charge in [0.1, 0.15) is 5.01 Å². The fraction of sp³-hybridized carbons (Fsp3) is 0.304. The van der Waals surface area contributed by atoms with E-state index in [2.05, 4.69) is 52.5 Å². The molecule has 144 valence electrons. The molecular formula is C23H25N3OS. The summed E-state index contributed by atoms with van der Waals surface area (Å²) in [5.41, 5.74) is 3.72. The SMILES string of the molecule is Cc1ccccc1CN1CCC(NC(=O)/C=C/c2nc3ccccc3s2)CC1. The van der Waals surface area contributed by atoms with Crippen LogP contribution in [0, 0.1) is 6.92 Å². The molecule has 1 N–H and O–H groups in total. The van der Waals surface area contributed by atoms with Gasteiger partial charge >= 0.3 is 0 Å². The third-order valence-electron chi connectivity index (χ3n) is 5.28. The number of hydrogen-bond donors (Lipinski definition) is 1. The van der Waals surface area contributed by atoms with Gasteiger partial charge in [-0.3, -0.25) is 9.69 Å². The number of hydrogen-bond acceptors (Lipinski definition) is 4. The van der Waals surface area contributed by atoms with Gasteiger partial charge in [0.15, 0.2) is 0 Å². The van der Waals surface area contributed by atoms with Gasteiger partial charge in [-0.1, -0.05) is 36.4 Å². The van der Waals surface area contributed by atoms with Crippen LogP contribution in [0.25, 0.3) is 16.3 Å². The molecule has 1 aliphatic heterocycles. The zero-order chi connectivity index (χ0) is 19.3. The number of amides is 1. The number of thiazole rings is 1. The molecule has 0 unspecified atom stereocenters. The molecule has 3 aromatic rings. The fourth-order valence-corrected chi connectivity index (χ4v) is 4.49. The average molecular weight is 392 g/mol. The van der Waals surface area contributed by atoms with Crippen LogP contribution >= 0.6 is 11.3 Å². The van der Waals surface area contributed by atoms with E-state index in [1.165, 1.54) is 11.1 Å². The van der Waals surface area contributed by atoms with Crippen molar-refractivity contribution in [2.45, 2.75) is 32.4 Å². The highest BCUT2D eigenvalue weighted by atomic mass is 32.1. The third-order valence-corrected chi connectivity index (χ3v) is 6.28. The molecule has 5 heteroatoms. The fourth-order valence-electron chi connectivity index (χ4n) is 3.62. The predicted octanol–water partition coefficient (Wildman–Crippen LogP) is 4.40. The molecule has 2 aromatic carbocycles. The quantitative estimate of drug-likeness (QED) is 0.656. The summed E-state index contributed by atoms with van der Waals surface area (Å²) in [6, 6.07) is 16.8. The number of aryl methyl sites for hydroxylation is 1. The van der Waals surface area contributed by atoms with Crippen LogP contribution in [0.1, 0.15) is 29.0 Å². The lowest BCUT2D eigenvalue weighted by Gasteiger charge is -2.32. The number of carbonyl (C=O) groups is 1. The van der Waals surface area contributed by atoms with Gasteiger partial charge in [0.05, 0.1) is 10.2 Å². The Hall–Kier alpha value is -2.50. The van der Waals surface area contributed by atoms with Crippen molar-refractivity contribution in [3.8, 4) is 0 Å². The van der Waals surface area contributed by atoms with Crippen molar-refractivity contribution >= 4 is 33.5 Å². The number of aromatic nitrogens is 1. The van der Waals surface area contributed by atoms with Gasteiger partial charge in [-0.15, -0.1) is 11.3 Å². The van der Waals surface area contributed by atoms with Crippen molar-refractivity contribution in [2.24, 2.45) is 0 Å². The Bertz CT molecular complexity index is 953. The second-order valence-corrected chi connectivity index (χ2v) is 8.40. The third kappa shape index (κ3) is 4.66. The standard InChI is InChI=1S/C23H25N3OS/c1-17-6-2-3-7-18(17)16-26-14-12-19(13-15-26)24-22(27)10-11-23-25-20-8-4-5-9-21(20)28-23/h2-11,19H,12-16H2,1H3,(H,24,27)/b11-10+. The van der Waals surface area contributed by atoms with Crippen LogP contribution < -0.4 is 5.32 Å². The summed E-state index contributed by atoms with van der Waals surface area (Å²) < 4.78 is 1.14. The molecule has 1 saturated heterocycles. The van der Waals surface area contributed by atoms with E-state index in [1.54, 1.807) is 17.4 Å². The molecule has 4 nitrogen and oxygen atoms in total. The van der Waals surface area contributed by atoms with E-state index in [0.717, 1.165) is 47.7 Å². The maximum atomic E-state index is 12.3. The topological polar surface area (TPSA) is 45.2 Å². The van der Waals surface area contributed by atoms with Gasteiger partial charge in [-0.2, -0.15) is 0 Å². The molecule has 1 aliphatic rings. The number of benzene rings is 2. The van der Waals surface area contributed by atoms with E-state index < -0.39 is 0 Å². The van der Waals surface area contributed by atoms with Crippen LogP contribution in [0.5, 0.6) is 0 Å². The molecular weight excluding hydrogens is 366 g/mol. The van der Waals surface area contributed by atoms with Crippen LogP contribution in [0.2, 0.25) is 0 Å². The summed E-state index contributed by atoms with van der Waals surface area (Å²) in [6.07, 6.45) is 5.41. The Morgan fingerprint density at radius 1 is 1.18 bits per heavy atom. The van der Waals surface area contributed by atoms with Gasteiger partial charge in [0.25, 0.3) is 0 Å². The lowest BCUT2D eigenvalue weighted by Crippen LogP contribution is -2.43. The highest BCUT2D eigenvalue weighted by Gasteiger charge is 2.20. The van der Waals surface area contributed by atoms with Gasteiger partial charge in [-0.05, 0) is 49.1 Å². The molecule has 1 amide bonds. The normalized spacial score (nSPS) is 16.0. The molecule has 0 bridgehead atoms. The van der Waals surface area contributed by atoms with Gasteiger partial charge < -0.3 is 5.32 Å². The van der Waals surface area contributed by atoms with E-state index in [4.69, 9.17) is 0 Å². The first-order valence-corrected chi connectivity index (χ1v) is 10.6. The Kier molecular flexibility index (Phi) is 5.84. The zero-order valence-corrected chi connectivity index (χ0v) is 16.9. The van der Waals surface area contributed by atoms with Crippen molar-refractivity contribution in [3.05, 3.63) is 70.7 Å². The minimum absolute atomic E-state index is 0.0309. The Morgan fingerprint density at radius 2 is 1.93 bits per heavy atom. The number of fused-ring (bicyclic) bond motifs is 1. The van der Waals surface area contributed by atoms with Crippen LogP contribution in [0.3, 0.4) is 0 Å². The first kappa shape index (κ1) is 18.8. The van der Waals surface area contributed by atoms with Crippen LogP contribution in [0.4, 0.5) is 0 Å². The maximum Gasteiger partial charge on any atom is 0.244 e. The summed E-state index contributed by atoms with van der Waals surface area (Å²) in [5.74, 6) is -0.0309. The van der Waals surface area contributed by atoms with Crippen LogP contribution in [-0.2, 0) is 11.3 Å². The van der Waals surface area contributed by atoms with Crippen LogP contribution in [-0.4, -0.2) is 34.9 Å². The van der Waals surface area contributed by atoms with E-state index in [-0.39, 0.29) is 11.9 Å². The smallest absolute Gasteiger partial charge is 0.244 e. The van der Waals surface area contributed by atoms with Gasteiger partial charge in [-0.25, -0.2) is 4.98 Å². The second kappa shape index (κ2) is 8.67. The van der Waals surface area contributed by atoms with E-state index in [9.17, 15) is 4.79 Å². The maximum absolute atomic E-state index is 12.3. The minimum Gasteiger partial charge on any atom is -0.350 e. The largest absolute Gasteiger partial charge is 0.350 e. The van der Waals surface area contributed by atoms with Crippen molar-refractivity contribution < 1.29 is 4.79 Å². The summed E-state index contributed by atoms with van der Waals surface area (Å²) >= 11 is 1.60. The first-order valence-electron chi connectivity index (χ1n) is 9.78. The molecule has 0 spiro atoms. The summed E-state index contributed by atoms with van der Waals surface area (Å²) in [6.45, 7) is 5.19. The Balaban J connectivity index is 1.26. The second-order valence-electron chi connectivity index (χ2n) is 7.34. The lowest BCUT2D eigenvalue weighted by molar-refractivity contribution is -0.117. The number of piperidine rings is 1. The molecule has 28 heavy (non-hydrogen) atoms. The molecule has 0 atom stereocenters. The Labute approximate surface area is 169 Å². The lowest BCUT2D eigenvalue weighted by atomic mass is 10.0. The number of para-hydroxylation sites is 1. The molecule has 0 aliphatic carbocycles. The van der Waals surface area contributed by atoms with Gasteiger partial charge in [0.2, 0.25) is 5.91 Å². The number of carbonyl (C=O) groups excluding carboxylic acids is 1. The molecule has 2 heterocycles. The van der Waals surface area contributed by atoms with Crippen molar-refractivity contribution in [2.75, 3.05) is 13.1 Å². The molecule has 0 radical (unpaired) electrons. The van der Waals surface area contributed by atoms with Crippen molar-refractivity contribution in [3.63, 3.8) is 0 Å². The summed E-state index contributed by atoms with van der Waals surface area (Å²) in [7, 11) is 0.